The Hall–Kier alpha value is -2.50. The smallest absolute Gasteiger partial charge is 0.199 e. The highest BCUT2D eigenvalue weighted by atomic mass is 32.1. The third kappa shape index (κ3) is 3.28. The molecule has 2 heterocycles. The highest BCUT2D eigenvalue weighted by molar-refractivity contribution is 7.71. The number of benzene rings is 2. The molecule has 2 aromatic carbocycles. The molecule has 0 atom stereocenters. The molecule has 3 aromatic rings. The molecule has 0 amide bonds. The molecule has 1 aromatic heterocycles. The summed E-state index contributed by atoms with van der Waals surface area (Å²) in [6, 6.07) is 18.9. The standard InChI is InChI=1S/C21H22N4S/c1-2-13-24-20(18-9-4-3-5-10-18)22-25(21(24)26)16-23-14-12-17-8-6-7-11-19(17)15-23/h2-11H,1,12-16H2. The number of hydrogen-bond donors (Lipinski definition) is 0. The molecule has 0 N–H and O–H groups in total. The van der Waals surface area contributed by atoms with E-state index < -0.39 is 0 Å². The fourth-order valence-corrected chi connectivity index (χ4v) is 3.75. The molecule has 0 aliphatic carbocycles. The van der Waals surface area contributed by atoms with Crippen molar-refractivity contribution in [3.63, 3.8) is 0 Å². The van der Waals surface area contributed by atoms with Gasteiger partial charge in [0.25, 0.3) is 0 Å². The van der Waals surface area contributed by atoms with E-state index in [0.29, 0.717) is 13.2 Å². The summed E-state index contributed by atoms with van der Waals surface area (Å²) in [6.45, 7) is 7.19. The van der Waals surface area contributed by atoms with Gasteiger partial charge in [0.2, 0.25) is 0 Å². The zero-order valence-corrected chi connectivity index (χ0v) is 15.5. The van der Waals surface area contributed by atoms with Crippen LogP contribution in [0.2, 0.25) is 0 Å². The first kappa shape index (κ1) is 16.9. The molecule has 5 heteroatoms. The van der Waals surface area contributed by atoms with Crippen LogP contribution >= 0.6 is 12.2 Å². The van der Waals surface area contributed by atoms with Crippen LogP contribution in [0.3, 0.4) is 0 Å². The molecule has 0 spiro atoms. The van der Waals surface area contributed by atoms with Gasteiger partial charge in [0.1, 0.15) is 0 Å². The van der Waals surface area contributed by atoms with Gasteiger partial charge in [0.05, 0.1) is 6.67 Å². The van der Waals surface area contributed by atoms with Crippen LogP contribution in [0.1, 0.15) is 11.1 Å². The summed E-state index contributed by atoms with van der Waals surface area (Å²) < 4.78 is 4.73. The lowest BCUT2D eigenvalue weighted by Crippen LogP contribution is -2.32. The Morgan fingerprint density at radius 1 is 1.04 bits per heavy atom. The normalized spacial score (nSPS) is 14.2. The molecule has 4 nitrogen and oxygen atoms in total. The van der Waals surface area contributed by atoms with Crippen LogP contribution in [0.5, 0.6) is 0 Å². The van der Waals surface area contributed by atoms with E-state index in [1.165, 1.54) is 11.1 Å². The predicted molar refractivity (Wildman–Crippen MR) is 107 cm³/mol. The molecule has 26 heavy (non-hydrogen) atoms. The first-order valence-electron chi connectivity index (χ1n) is 8.89. The van der Waals surface area contributed by atoms with E-state index >= 15 is 0 Å². The molecule has 132 valence electrons. The van der Waals surface area contributed by atoms with Crippen LogP contribution in [0.4, 0.5) is 0 Å². The summed E-state index contributed by atoms with van der Waals surface area (Å²) >= 11 is 5.71. The first-order chi connectivity index (χ1) is 12.8. The summed E-state index contributed by atoms with van der Waals surface area (Å²) in [7, 11) is 0. The second-order valence-electron chi connectivity index (χ2n) is 6.58. The zero-order chi connectivity index (χ0) is 17.9. The average Bonchev–Trinajstić information content (AvgIpc) is 2.99. The highest BCUT2D eigenvalue weighted by Crippen LogP contribution is 2.21. The van der Waals surface area contributed by atoms with Crippen molar-refractivity contribution in [1.29, 1.82) is 0 Å². The summed E-state index contributed by atoms with van der Waals surface area (Å²) in [5.74, 6) is 0.896. The zero-order valence-electron chi connectivity index (χ0n) is 14.7. The molecule has 1 aliphatic rings. The quantitative estimate of drug-likeness (QED) is 0.500. The molecule has 1 aliphatic heterocycles. The summed E-state index contributed by atoms with van der Waals surface area (Å²) in [5.41, 5.74) is 3.93. The van der Waals surface area contributed by atoms with E-state index in [2.05, 4.69) is 52.4 Å². The van der Waals surface area contributed by atoms with Crippen molar-refractivity contribution in [1.82, 2.24) is 19.2 Å². The van der Waals surface area contributed by atoms with Crippen molar-refractivity contribution in [3.05, 3.63) is 83.2 Å². The maximum Gasteiger partial charge on any atom is 0.199 e. The summed E-state index contributed by atoms with van der Waals surface area (Å²) in [5, 5.41) is 4.83. The lowest BCUT2D eigenvalue weighted by atomic mass is 10.0. The van der Waals surface area contributed by atoms with Crippen molar-refractivity contribution in [2.45, 2.75) is 26.2 Å². The van der Waals surface area contributed by atoms with Gasteiger partial charge in [-0.1, -0.05) is 60.7 Å². The first-order valence-corrected chi connectivity index (χ1v) is 9.30. The molecular formula is C21H22N4S. The Morgan fingerprint density at radius 2 is 1.77 bits per heavy atom. The third-order valence-electron chi connectivity index (χ3n) is 4.81. The predicted octanol–water partition coefficient (Wildman–Crippen LogP) is 4.28. The molecule has 0 bridgehead atoms. The van der Waals surface area contributed by atoms with Gasteiger partial charge in [-0.15, -0.1) is 6.58 Å². The lowest BCUT2D eigenvalue weighted by Gasteiger charge is -2.28. The fraction of sp³-hybridized carbons (Fsp3) is 0.238. The minimum atomic E-state index is 0.659. The molecule has 0 saturated heterocycles. The van der Waals surface area contributed by atoms with Crippen molar-refractivity contribution < 1.29 is 0 Å². The summed E-state index contributed by atoms with van der Waals surface area (Å²) in [6.07, 6.45) is 2.94. The number of hydrogen-bond acceptors (Lipinski definition) is 3. The van der Waals surface area contributed by atoms with Gasteiger partial charge < -0.3 is 0 Å². The Kier molecular flexibility index (Phi) is 4.82. The molecule has 0 radical (unpaired) electrons. The average molecular weight is 363 g/mol. The fourth-order valence-electron chi connectivity index (χ4n) is 3.49. The monoisotopic (exact) mass is 362 g/mol. The van der Waals surface area contributed by atoms with E-state index in [-0.39, 0.29) is 0 Å². The number of rotatable bonds is 5. The number of nitrogens with zero attached hydrogens (tertiary/aromatic N) is 4. The topological polar surface area (TPSA) is 26.0 Å². The Balaban J connectivity index is 1.63. The second kappa shape index (κ2) is 7.40. The van der Waals surface area contributed by atoms with Gasteiger partial charge in [-0.25, -0.2) is 4.68 Å². The minimum absolute atomic E-state index is 0.659. The summed E-state index contributed by atoms with van der Waals surface area (Å²) in [4.78, 5) is 2.40. The van der Waals surface area contributed by atoms with Gasteiger partial charge in [0.15, 0.2) is 10.6 Å². The van der Waals surface area contributed by atoms with E-state index in [1.54, 1.807) is 0 Å². The van der Waals surface area contributed by atoms with Crippen molar-refractivity contribution >= 4 is 12.2 Å². The number of allylic oxidation sites excluding steroid dienone is 1. The van der Waals surface area contributed by atoms with Crippen LogP contribution in [-0.4, -0.2) is 25.8 Å². The van der Waals surface area contributed by atoms with E-state index in [9.17, 15) is 0 Å². The maximum atomic E-state index is 5.71. The number of aromatic nitrogens is 3. The Labute approximate surface area is 159 Å². The van der Waals surface area contributed by atoms with Crippen LogP contribution in [0.15, 0.2) is 67.3 Å². The van der Waals surface area contributed by atoms with Crippen LogP contribution in [-0.2, 0) is 26.2 Å². The van der Waals surface area contributed by atoms with Gasteiger partial charge in [0, 0.05) is 25.2 Å². The van der Waals surface area contributed by atoms with Crippen molar-refractivity contribution in [3.8, 4) is 11.4 Å². The largest absolute Gasteiger partial charge is 0.296 e. The van der Waals surface area contributed by atoms with Crippen molar-refractivity contribution in [2.75, 3.05) is 6.54 Å². The lowest BCUT2D eigenvalue weighted by molar-refractivity contribution is 0.188. The maximum absolute atomic E-state index is 5.71. The molecular weight excluding hydrogens is 340 g/mol. The molecule has 0 fully saturated rings. The third-order valence-corrected chi connectivity index (χ3v) is 5.24. The second-order valence-corrected chi connectivity index (χ2v) is 6.95. The highest BCUT2D eigenvalue weighted by Gasteiger charge is 2.18. The van der Waals surface area contributed by atoms with E-state index in [0.717, 1.165) is 35.7 Å². The van der Waals surface area contributed by atoms with Crippen LogP contribution in [0.25, 0.3) is 11.4 Å². The Bertz CT molecular complexity index is 971. The number of fused-ring (bicyclic) bond motifs is 1. The van der Waals surface area contributed by atoms with Gasteiger partial charge >= 0.3 is 0 Å². The van der Waals surface area contributed by atoms with E-state index in [4.69, 9.17) is 17.3 Å². The van der Waals surface area contributed by atoms with Gasteiger partial charge in [-0.3, -0.25) is 9.47 Å². The Morgan fingerprint density at radius 3 is 2.54 bits per heavy atom. The van der Waals surface area contributed by atoms with Gasteiger partial charge in [-0.05, 0) is 29.8 Å². The van der Waals surface area contributed by atoms with Gasteiger partial charge in [-0.2, -0.15) is 5.10 Å². The SMILES string of the molecule is C=CCn1c(-c2ccccc2)nn(CN2CCc3ccccc3C2)c1=S. The van der Waals surface area contributed by atoms with Crippen LogP contribution < -0.4 is 0 Å². The molecule has 4 rings (SSSR count). The molecule has 0 saturated carbocycles. The minimum Gasteiger partial charge on any atom is -0.296 e. The van der Waals surface area contributed by atoms with E-state index in [1.807, 2.05) is 29.0 Å². The molecule has 0 unspecified atom stereocenters. The van der Waals surface area contributed by atoms with Crippen molar-refractivity contribution in [2.24, 2.45) is 0 Å². The van der Waals surface area contributed by atoms with Crippen LogP contribution in [0, 0.1) is 4.77 Å².